The zero-order valence-electron chi connectivity index (χ0n) is 9.34. The molecule has 0 saturated heterocycles. The van der Waals surface area contributed by atoms with Gasteiger partial charge in [0.1, 0.15) is 0 Å². The summed E-state index contributed by atoms with van der Waals surface area (Å²) in [7, 11) is 1.80. The summed E-state index contributed by atoms with van der Waals surface area (Å²) < 4.78 is 1.64. The van der Waals surface area contributed by atoms with E-state index in [1.54, 1.807) is 24.0 Å². The molecule has 1 aromatic carbocycles. The van der Waals surface area contributed by atoms with Crippen LogP contribution in [0.2, 0.25) is 0 Å². The van der Waals surface area contributed by atoms with Crippen molar-refractivity contribution in [2.24, 2.45) is 7.05 Å². The zero-order chi connectivity index (χ0) is 11.8. The Bertz CT molecular complexity index is 725. The van der Waals surface area contributed by atoms with Crippen LogP contribution in [0.1, 0.15) is 0 Å². The van der Waals surface area contributed by atoms with Crippen molar-refractivity contribution in [3.8, 4) is 11.3 Å². The van der Waals surface area contributed by atoms with E-state index in [9.17, 15) is 4.79 Å². The van der Waals surface area contributed by atoms with E-state index in [1.807, 2.05) is 30.3 Å². The van der Waals surface area contributed by atoms with Crippen LogP contribution in [0.15, 0.2) is 47.4 Å². The first-order chi connectivity index (χ1) is 8.24. The van der Waals surface area contributed by atoms with Crippen molar-refractivity contribution in [2.45, 2.75) is 0 Å². The lowest BCUT2D eigenvalue weighted by molar-refractivity contribution is 0.776. The monoisotopic (exact) mass is 225 g/mol. The van der Waals surface area contributed by atoms with E-state index in [-0.39, 0.29) is 5.43 Å². The summed E-state index contributed by atoms with van der Waals surface area (Å²) in [5.41, 5.74) is 2.39. The van der Waals surface area contributed by atoms with Gasteiger partial charge in [0.05, 0.1) is 11.1 Å². The number of aromatic nitrogens is 3. The Hall–Kier alpha value is -2.36. The average molecular weight is 225 g/mol. The number of hydrogen-bond acceptors (Lipinski definition) is 2. The van der Waals surface area contributed by atoms with E-state index >= 15 is 0 Å². The molecule has 17 heavy (non-hydrogen) atoms. The van der Waals surface area contributed by atoms with Crippen LogP contribution in [0, 0.1) is 0 Å². The third-order valence-corrected chi connectivity index (χ3v) is 2.71. The average Bonchev–Trinajstić information content (AvgIpc) is 2.71. The van der Waals surface area contributed by atoms with Gasteiger partial charge in [-0.15, -0.1) is 0 Å². The van der Waals surface area contributed by atoms with E-state index in [2.05, 4.69) is 10.1 Å². The summed E-state index contributed by atoms with van der Waals surface area (Å²) in [5.74, 6) is 0. The largest absolute Gasteiger partial charge is 0.338 e. The number of H-pyrrole nitrogens is 1. The molecule has 2 heterocycles. The van der Waals surface area contributed by atoms with Crippen molar-refractivity contribution in [2.75, 3.05) is 0 Å². The molecule has 0 aliphatic heterocycles. The van der Waals surface area contributed by atoms with Gasteiger partial charge in [0.15, 0.2) is 11.1 Å². The predicted molar refractivity (Wildman–Crippen MR) is 66.8 cm³/mol. The molecule has 0 fully saturated rings. The normalized spacial score (nSPS) is 10.9. The molecule has 0 unspecified atom stereocenters. The third kappa shape index (κ3) is 1.63. The fraction of sp³-hybridized carbons (Fsp3) is 0.0769. The predicted octanol–water partition coefficient (Wildman–Crippen LogP) is 1.93. The van der Waals surface area contributed by atoms with E-state index in [4.69, 9.17) is 0 Å². The van der Waals surface area contributed by atoms with Gasteiger partial charge in [-0.1, -0.05) is 30.3 Å². The van der Waals surface area contributed by atoms with E-state index in [0.29, 0.717) is 11.0 Å². The first-order valence-corrected chi connectivity index (χ1v) is 5.36. The zero-order valence-corrected chi connectivity index (χ0v) is 9.34. The lowest BCUT2D eigenvalue weighted by atomic mass is 10.1. The molecule has 3 rings (SSSR count). The van der Waals surface area contributed by atoms with Crippen molar-refractivity contribution < 1.29 is 0 Å². The van der Waals surface area contributed by atoms with Gasteiger partial charge in [-0.3, -0.25) is 9.48 Å². The molecule has 0 amide bonds. The number of hydrogen-bond donors (Lipinski definition) is 1. The molecule has 84 valence electrons. The van der Waals surface area contributed by atoms with Crippen LogP contribution in [0.5, 0.6) is 0 Å². The highest BCUT2D eigenvalue weighted by molar-refractivity contribution is 5.77. The minimum absolute atomic E-state index is 0.00861. The molecule has 0 aliphatic carbocycles. The van der Waals surface area contributed by atoms with Gasteiger partial charge in [-0.25, -0.2) is 0 Å². The molecule has 0 spiro atoms. The molecule has 0 saturated carbocycles. The number of benzene rings is 1. The van der Waals surface area contributed by atoms with Gasteiger partial charge in [0, 0.05) is 19.3 Å². The second-order valence-corrected chi connectivity index (χ2v) is 3.98. The SMILES string of the molecule is Cn1cc2c(=O)cc(-c3ccccc3)[nH]c2n1. The Kier molecular flexibility index (Phi) is 2.08. The number of aromatic amines is 1. The van der Waals surface area contributed by atoms with E-state index in [0.717, 1.165) is 11.3 Å². The van der Waals surface area contributed by atoms with Crippen LogP contribution in [0.4, 0.5) is 0 Å². The van der Waals surface area contributed by atoms with Crippen LogP contribution in [0.3, 0.4) is 0 Å². The number of fused-ring (bicyclic) bond motifs is 1. The fourth-order valence-corrected chi connectivity index (χ4v) is 1.91. The van der Waals surface area contributed by atoms with Gasteiger partial charge >= 0.3 is 0 Å². The standard InChI is InChI=1S/C13H11N3O/c1-16-8-10-12(17)7-11(14-13(10)15-16)9-5-3-2-4-6-9/h2-8H,1H3,(H,14,15). The van der Waals surface area contributed by atoms with Gasteiger partial charge in [-0.2, -0.15) is 5.10 Å². The molecule has 1 N–H and O–H groups in total. The van der Waals surface area contributed by atoms with Crippen molar-refractivity contribution in [3.63, 3.8) is 0 Å². The Morgan fingerprint density at radius 1 is 1.24 bits per heavy atom. The minimum atomic E-state index is -0.00861. The minimum Gasteiger partial charge on any atom is -0.338 e. The van der Waals surface area contributed by atoms with Crippen LogP contribution in [-0.2, 0) is 7.05 Å². The van der Waals surface area contributed by atoms with Gasteiger partial charge < -0.3 is 4.98 Å². The molecule has 0 atom stereocenters. The summed E-state index contributed by atoms with van der Waals surface area (Å²) in [4.78, 5) is 15.1. The number of pyridine rings is 1. The summed E-state index contributed by atoms with van der Waals surface area (Å²) in [6.45, 7) is 0. The smallest absolute Gasteiger partial charge is 0.193 e. The van der Waals surface area contributed by atoms with Crippen molar-refractivity contribution in [3.05, 3.63) is 52.8 Å². The maximum Gasteiger partial charge on any atom is 0.193 e. The Morgan fingerprint density at radius 2 is 2.00 bits per heavy atom. The van der Waals surface area contributed by atoms with Crippen LogP contribution < -0.4 is 5.43 Å². The van der Waals surface area contributed by atoms with Crippen molar-refractivity contribution in [1.29, 1.82) is 0 Å². The van der Waals surface area contributed by atoms with Crippen LogP contribution in [-0.4, -0.2) is 14.8 Å². The molecule has 3 aromatic rings. The van der Waals surface area contributed by atoms with Gasteiger partial charge in [0.2, 0.25) is 0 Å². The lowest BCUT2D eigenvalue weighted by Crippen LogP contribution is -2.01. The molecule has 0 bridgehead atoms. The van der Waals surface area contributed by atoms with Crippen molar-refractivity contribution >= 4 is 11.0 Å². The first kappa shape index (κ1) is 9.84. The van der Waals surface area contributed by atoms with Gasteiger partial charge in [-0.05, 0) is 5.56 Å². The molecular formula is C13H11N3O. The summed E-state index contributed by atoms with van der Waals surface area (Å²) in [6, 6.07) is 11.4. The Balaban J connectivity index is 2.29. The molecule has 4 heteroatoms. The first-order valence-electron chi connectivity index (χ1n) is 5.36. The lowest BCUT2D eigenvalue weighted by Gasteiger charge is -2.00. The number of rotatable bonds is 1. The third-order valence-electron chi connectivity index (χ3n) is 2.71. The topological polar surface area (TPSA) is 50.7 Å². The number of nitrogens with one attached hydrogen (secondary N) is 1. The summed E-state index contributed by atoms with van der Waals surface area (Å²) >= 11 is 0. The highest BCUT2D eigenvalue weighted by Crippen LogP contribution is 2.16. The Morgan fingerprint density at radius 3 is 2.76 bits per heavy atom. The maximum atomic E-state index is 11.9. The molecule has 0 radical (unpaired) electrons. The summed E-state index contributed by atoms with van der Waals surface area (Å²) in [6.07, 6.45) is 1.73. The van der Waals surface area contributed by atoms with Crippen molar-refractivity contribution in [1.82, 2.24) is 14.8 Å². The van der Waals surface area contributed by atoms with Crippen LogP contribution >= 0.6 is 0 Å². The molecule has 2 aromatic heterocycles. The molecule has 0 aliphatic rings. The fourth-order valence-electron chi connectivity index (χ4n) is 1.91. The highest BCUT2D eigenvalue weighted by atomic mass is 16.1. The highest BCUT2D eigenvalue weighted by Gasteiger charge is 2.06. The second-order valence-electron chi connectivity index (χ2n) is 3.98. The molecular weight excluding hydrogens is 214 g/mol. The van der Waals surface area contributed by atoms with E-state index < -0.39 is 0 Å². The van der Waals surface area contributed by atoms with Gasteiger partial charge in [0.25, 0.3) is 0 Å². The second kappa shape index (κ2) is 3.59. The van der Waals surface area contributed by atoms with Crippen LogP contribution in [0.25, 0.3) is 22.3 Å². The Labute approximate surface area is 97.5 Å². The number of nitrogens with zero attached hydrogens (tertiary/aromatic N) is 2. The quantitative estimate of drug-likeness (QED) is 0.688. The van der Waals surface area contributed by atoms with E-state index in [1.165, 1.54) is 0 Å². The summed E-state index contributed by atoms with van der Waals surface area (Å²) in [5, 5.41) is 4.84. The maximum absolute atomic E-state index is 11.9. The number of aryl methyl sites for hydroxylation is 1. The molecule has 4 nitrogen and oxygen atoms in total.